The molecule has 1 aromatic carbocycles. The number of thiol groups is 1. The van der Waals surface area contributed by atoms with Gasteiger partial charge in [0.15, 0.2) is 11.5 Å². The number of benzene rings is 1. The normalized spacial score (nSPS) is 19.1. The van der Waals surface area contributed by atoms with Gasteiger partial charge >= 0.3 is 0 Å². The Hall–Kier alpha value is -1.00. The fourth-order valence-corrected chi connectivity index (χ4v) is 2.12. The summed E-state index contributed by atoms with van der Waals surface area (Å²) in [5.41, 5.74) is 2.87. The SMILES string of the molecule is Cc1nc2cc(C3(S)COC3)ccc2o1. The van der Waals surface area contributed by atoms with Gasteiger partial charge in [-0.1, -0.05) is 6.07 Å². The van der Waals surface area contributed by atoms with Crippen LogP contribution in [0.3, 0.4) is 0 Å². The highest BCUT2D eigenvalue weighted by molar-refractivity contribution is 7.81. The van der Waals surface area contributed by atoms with Gasteiger partial charge in [0, 0.05) is 6.92 Å². The summed E-state index contributed by atoms with van der Waals surface area (Å²) in [4.78, 5) is 4.30. The van der Waals surface area contributed by atoms with Crippen molar-refractivity contribution in [2.75, 3.05) is 13.2 Å². The van der Waals surface area contributed by atoms with E-state index in [1.165, 1.54) is 0 Å². The first kappa shape index (κ1) is 9.24. The van der Waals surface area contributed by atoms with Crippen molar-refractivity contribution in [3.8, 4) is 0 Å². The number of hydrogen-bond donors (Lipinski definition) is 1. The van der Waals surface area contributed by atoms with Crippen molar-refractivity contribution in [1.29, 1.82) is 0 Å². The smallest absolute Gasteiger partial charge is 0.192 e. The number of nitrogens with zero attached hydrogens (tertiary/aromatic N) is 1. The number of aryl methyl sites for hydroxylation is 1. The van der Waals surface area contributed by atoms with E-state index in [0.29, 0.717) is 19.1 Å². The highest BCUT2D eigenvalue weighted by atomic mass is 32.1. The zero-order valence-electron chi connectivity index (χ0n) is 8.36. The second kappa shape index (κ2) is 3.00. The Labute approximate surface area is 92.8 Å². The molecule has 2 heterocycles. The molecule has 3 nitrogen and oxygen atoms in total. The maximum Gasteiger partial charge on any atom is 0.192 e. The third-order valence-electron chi connectivity index (χ3n) is 2.71. The van der Waals surface area contributed by atoms with Crippen LogP contribution in [0.15, 0.2) is 22.6 Å². The van der Waals surface area contributed by atoms with Crippen molar-refractivity contribution in [2.45, 2.75) is 11.7 Å². The number of ether oxygens (including phenoxy) is 1. The molecule has 1 aromatic heterocycles. The zero-order valence-corrected chi connectivity index (χ0v) is 9.25. The van der Waals surface area contributed by atoms with Crippen LogP contribution < -0.4 is 0 Å². The third kappa shape index (κ3) is 1.36. The van der Waals surface area contributed by atoms with E-state index in [2.05, 4.69) is 17.6 Å². The van der Waals surface area contributed by atoms with Crippen molar-refractivity contribution in [3.63, 3.8) is 0 Å². The van der Waals surface area contributed by atoms with Crippen LogP contribution in [-0.4, -0.2) is 18.2 Å². The first-order valence-electron chi connectivity index (χ1n) is 4.85. The predicted molar refractivity (Wildman–Crippen MR) is 60.2 cm³/mol. The van der Waals surface area contributed by atoms with Gasteiger partial charge in [0.2, 0.25) is 0 Å². The van der Waals surface area contributed by atoms with Crippen LogP contribution in [0.4, 0.5) is 0 Å². The summed E-state index contributed by atoms with van der Waals surface area (Å²) >= 11 is 4.61. The molecule has 1 fully saturated rings. The Morgan fingerprint density at radius 1 is 1.40 bits per heavy atom. The molecule has 15 heavy (non-hydrogen) atoms. The van der Waals surface area contributed by atoms with E-state index in [-0.39, 0.29) is 4.75 Å². The molecule has 1 aliphatic heterocycles. The highest BCUT2D eigenvalue weighted by Crippen LogP contribution is 2.37. The average Bonchev–Trinajstić information content (AvgIpc) is 2.53. The lowest BCUT2D eigenvalue weighted by atomic mass is 9.96. The second-order valence-electron chi connectivity index (χ2n) is 3.94. The largest absolute Gasteiger partial charge is 0.441 e. The average molecular weight is 221 g/mol. The van der Waals surface area contributed by atoms with Crippen molar-refractivity contribution in [2.24, 2.45) is 0 Å². The summed E-state index contributed by atoms with van der Waals surface area (Å²) in [6.45, 7) is 3.18. The van der Waals surface area contributed by atoms with E-state index in [0.717, 1.165) is 16.7 Å². The lowest BCUT2D eigenvalue weighted by Gasteiger charge is -2.37. The van der Waals surface area contributed by atoms with Crippen molar-refractivity contribution in [1.82, 2.24) is 4.98 Å². The third-order valence-corrected chi connectivity index (χ3v) is 3.23. The second-order valence-corrected chi connectivity index (χ2v) is 4.80. The van der Waals surface area contributed by atoms with Gasteiger partial charge in [-0.05, 0) is 17.7 Å². The van der Waals surface area contributed by atoms with E-state index < -0.39 is 0 Å². The molecule has 1 aliphatic rings. The molecule has 0 aliphatic carbocycles. The molecule has 0 saturated carbocycles. The van der Waals surface area contributed by atoms with Crippen molar-refractivity contribution in [3.05, 3.63) is 29.7 Å². The highest BCUT2D eigenvalue weighted by Gasteiger charge is 2.36. The van der Waals surface area contributed by atoms with Gasteiger partial charge in [-0.2, -0.15) is 12.6 Å². The minimum absolute atomic E-state index is 0.138. The summed E-state index contributed by atoms with van der Waals surface area (Å²) in [6.07, 6.45) is 0. The van der Waals surface area contributed by atoms with E-state index in [1.807, 2.05) is 25.1 Å². The Morgan fingerprint density at radius 2 is 2.20 bits per heavy atom. The zero-order chi connectivity index (χ0) is 10.5. The lowest BCUT2D eigenvalue weighted by Crippen LogP contribution is -2.41. The molecule has 0 unspecified atom stereocenters. The Kier molecular flexibility index (Phi) is 1.85. The van der Waals surface area contributed by atoms with Crippen LogP contribution in [-0.2, 0) is 9.48 Å². The molecule has 3 rings (SSSR count). The van der Waals surface area contributed by atoms with E-state index >= 15 is 0 Å². The van der Waals surface area contributed by atoms with Gasteiger partial charge in [-0.3, -0.25) is 0 Å². The summed E-state index contributed by atoms with van der Waals surface area (Å²) in [5.74, 6) is 0.695. The summed E-state index contributed by atoms with van der Waals surface area (Å²) in [7, 11) is 0. The first-order chi connectivity index (χ1) is 7.17. The lowest BCUT2D eigenvalue weighted by molar-refractivity contribution is -0.00964. The Balaban J connectivity index is 2.13. The number of hydrogen-bond acceptors (Lipinski definition) is 4. The minimum Gasteiger partial charge on any atom is -0.441 e. The van der Waals surface area contributed by atoms with Gasteiger partial charge in [0.25, 0.3) is 0 Å². The fraction of sp³-hybridized carbons (Fsp3) is 0.364. The van der Waals surface area contributed by atoms with Crippen LogP contribution in [0.25, 0.3) is 11.1 Å². The molecular weight excluding hydrogens is 210 g/mol. The van der Waals surface area contributed by atoms with Gasteiger partial charge in [0.05, 0.1) is 18.0 Å². The van der Waals surface area contributed by atoms with Crippen molar-refractivity contribution >= 4 is 23.7 Å². The maximum absolute atomic E-state index is 5.42. The summed E-state index contributed by atoms with van der Waals surface area (Å²) in [6, 6.07) is 6.00. The minimum atomic E-state index is -0.138. The molecule has 0 atom stereocenters. The predicted octanol–water partition coefficient (Wildman–Crippen LogP) is 2.29. The molecule has 4 heteroatoms. The first-order valence-corrected chi connectivity index (χ1v) is 5.30. The molecular formula is C11H11NO2S. The maximum atomic E-state index is 5.42. The van der Waals surface area contributed by atoms with Crippen LogP contribution in [0, 0.1) is 6.92 Å². The Bertz CT molecular complexity index is 516. The van der Waals surface area contributed by atoms with Gasteiger partial charge in [0.1, 0.15) is 5.52 Å². The number of aromatic nitrogens is 1. The number of oxazole rings is 1. The quantitative estimate of drug-likeness (QED) is 0.750. The van der Waals surface area contributed by atoms with E-state index in [1.54, 1.807) is 0 Å². The molecule has 2 aromatic rings. The van der Waals surface area contributed by atoms with Crippen LogP contribution >= 0.6 is 12.6 Å². The van der Waals surface area contributed by atoms with E-state index in [9.17, 15) is 0 Å². The monoisotopic (exact) mass is 221 g/mol. The Morgan fingerprint density at radius 3 is 2.87 bits per heavy atom. The summed E-state index contributed by atoms with van der Waals surface area (Å²) < 4.78 is 10.5. The van der Waals surface area contributed by atoms with Crippen LogP contribution in [0.2, 0.25) is 0 Å². The molecule has 1 saturated heterocycles. The van der Waals surface area contributed by atoms with Gasteiger partial charge in [-0.15, -0.1) is 0 Å². The van der Waals surface area contributed by atoms with Gasteiger partial charge in [-0.25, -0.2) is 4.98 Å². The molecule has 0 bridgehead atoms. The fourth-order valence-electron chi connectivity index (χ4n) is 1.79. The molecule has 78 valence electrons. The molecule has 0 radical (unpaired) electrons. The standard InChI is InChI=1S/C11H11NO2S/c1-7-12-9-4-8(2-3-10(9)14-7)11(15)5-13-6-11/h2-4,15H,5-6H2,1H3. The molecule has 0 spiro atoms. The van der Waals surface area contributed by atoms with Gasteiger partial charge < -0.3 is 9.15 Å². The number of fused-ring (bicyclic) bond motifs is 1. The topological polar surface area (TPSA) is 35.3 Å². The van der Waals surface area contributed by atoms with Crippen LogP contribution in [0.1, 0.15) is 11.5 Å². The van der Waals surface area contributed by atoms with E-state index in [4.69, 9.17) is 9.15 Å². The summed E-state index contributed by atoms with van der Waals surface area (Å²) in [5, 5.41) is 0. The van der Waals surface area contributed by atoms with Crippen molar-refractivity contribution < 1.29 is 9.15 Å². The van der Waals surface area contributed by atoms with Crippen LogP contribution in [0.5, 0.6) is 0 Å². The molecule has 0 amide bonds. The number of rotatable bonds is 1. The molecule has 0 N–H and O–H groups in total.